The first-order valence-electron chi connectivity index (χ1n) is 6.00. The highest BCUT2D eigenvalue weighted by molar-refractivity contribution is 4.81. The van der Waals surface area contributed by atoms with E-state index in [1.54, 1.807) is 0 Å². The molecule has 0 saturated carbocycles. The number of hydrogen-bond donors (Lipinski definition) is 2. The fourth-order valence-corrected chi connectivity index (χ4v) is 2.25. The second kappa shape index (κ2) is 5.83. The second-order valence-electron chi connectivity index (χ2n) is 5.38. The summed E-state index contributed by atoms with van der Waals surface area (Å²) in [4.78, 5) is 0. The maximum Gasteiger partial charge on any atom is 0.0607 e. The van der Waals surface area contributed by atoms with Crippen LogP contribution < -0.4 is 5.32 Å². The van der Waals surface area contributed by atoms with Gasteiger partial charge in [0, 0.05) is 24.8 Å². The summed E-state index contributed by atoms with van der Waals surface area (Å²) >= 11 is 0. The van der Waals surface area contributed by atoms with E-state index in [-0.39, 0.29) is 12.1 Å². The standard InChI is InChI=1S/C12H25NO2/c1-10(13-12(2,3)9-14)8-11-4-6-15-7-5-11/h10-11,13-14H,4-9H2,1-3H3. The lowest BCUT2D eigenvalue weighted by Gasteiger charge is -2.31. The zero-order valence-electron chi connectivity index (χ0n) is 10.3. The zero-order chi connectivity index (χ0) is 11.3. The summed E-state index contributed by atoms with van der Waals surface area (Å²) in [5.41, 5.74) is -0.162. The Bertz CT molecular complexity index is 176. The number of aliphatic hydroxyl groups excluding tert-OH is 1. The van der Waals surface area contributed by atoms with E-state index in [4.69, 9.17) is 9.84 Å². The Kier molecular flexibility index (Phi) is 5.03. The summed E-state index contributed by atoms with van der Waals surface area (Å²) in [5.74, 6) is 0.788. The fourth-order valence-electron chi connectivity index (χ4n) is 2.25. The van der Waals surface area contributed by atoms with Crippen LogP contribution in [0, 0.1) is 5.92 Å². The second-order valence-corrected chi connectivity index (χ2v) is 5.38. The lowest BCUT2D eigenvalue weighted by atomic mass is 9.92. The molecule has 2 N–H and O–H groups in total. The molecule has 1 atom stereocenters. The molecule has 0 radical (unpaired) electrons. The molecule has 0 bridgehead atoms. The average Bonchev–Trinajstić information content (AvgIpc) is 2.18. The van der Waals surface area contributed by atoms with Crippen LogP contribution in [0.15, 0.2) is 0 Å². The number of ether oxygens (including phenoxy) is 1. The first-order chi connectivity index (χ1) is 7.03. The molecule has 1 aliphatic heterocycles. The van der Waals surface area contributed by atoms with Gasteiger partial charge in [-0.25, -0.2) is 0 Å². The first kappa shape index (κ1) is 12.9. The lowest BCUT2D eigenvalue weighted by Crippen LogP contribution is -2.48. The minimum Gasteiger partial charge on any atom is -0.394 e. The predicted octanol–water partition coefficient (Wildman–Crippen LogP) is 1.55. The third-order valence-electron chi connectivity index (χ3n) is 3.06. The maximum absolute atomic E-state index is 9.17. The Morgan fingerprint density at radius 2 is 2.00 bits per heavy atom. The summed E-state index contributed by atoms with van der Waals surface area (Å²) in [6.45, 7) is 8.29. The van der Waals surface area contributed by atoms with E-state index in [1.807, 2.05) is 13.8 Å². The van der Waals surface area contributed by atoms with E-state index >= 15 is 0 Å². The first-order valence-corrected chi connectivity index (χ1v) is 6.00. The van der Waals surface area contributed by atoms with Crippen molar-refractivity contribution in [1.29, 1.82) is 0 Å². The quantitative estimate of drug-likeness (QED) is 0.731. The molecule has 1 saturated heterocycles. The summed E-state index contributed by atoms with van der Waals surface area (Å²) in [6.07, 6.45) is 3.56. The van der Waals surface area contributed by atoms with Gasteiger partial charge in [-0.2, -0.15) is 0 Å². The molecule has 1 unspecified atom stereocenters. The highest BCUT2D eigenvalue weighted by Crippen LogP contribution is 2.20. The van der Waals surface area contributed by atoms with Gasteiger partial charge in [-0.1, -0.05) is 0 Å². The monoisotopic (exact) mass is 215 g/mol. The van der Waals surface area contributed by atoms with Crippen LogP contribution in [0.5, 0.6) is 0 Å². The molecule has 0 aromatic carbocycles. The average molecular weight is 215 g/mol. The van der Waals surface area contributed by atoms with Gasteiger partial charge in [0.1, 0.15) is 0 Å². The van der Waals surface area contributed by atoms with Crippen molar-refractivity contribution in [1.82, 2.24) is 5.32 Å². The molecule has 1 aliphatic rings. The smallest absolute Gasteiger partial charge is 0.0607 e. The van der Waals surface area contributed by atoms with Gasteiger partial charge in [-0.05, 0) is 46.0 Å². The summed E-state index contributed by atoms with van der Waals surface area (Å²) in [7, 11) is 0. The van der Waals surface area contributed by atoms with Gasteiger partial charge in [0.05, 0.1) is 6.61 Å². The molecule has 0 aromatic rings. The summed E-state index contributed by atoms with van der Waals surface area (Å²) in [5, 5.41) is 12.6. The van der Waals surface area contributed by atoms with Crippen molar-refractivity contribution in [2.75, 3.05) is 19.8 Å². The predicted molar refractivity (Wildman–Crippen MR) is 61.9 cm³/mol. The van der Waals surface area contributed by atoms with Crippen LogP contribution in [0.25, 0.3) is 0 Å². The Labute approximate surface area is 93.2 Å². The van der Waals surface area contributed by atoms with Gasteiger partial charge in [-0.15, -0.1) is 0 Å². The van der Waals surface area contributed by atoms with Gasteiger partial charge in [0.2, 0.25) is 0 Å². The zero-order valence-corrected chi connectivity index (χ0v) is 10.3. The highest BCUT2D eigenvalue weighted by atomic mass is 16.5. The minimum atomic E-state index is -0.162. The van der Waals surface area contributed by atoms with Gasteiger partial charge in [0.25, 0.3) is 0 Å². The largest absolute Gasteiger partial charge is 0.394 e. The van der Waals surface area contributed by atoms with Crippen LogP contribution in [-0.4, -0.2) is 36.5 Å². The maximum atomic E-state index is 9.17. The normalized spacial score (nSPS) is 21.6. The highest BCUT2D eigenvalue weighted by Gasteiger charge is 2.22. The van der Waals surface area contributed by atoms with Gasteiger partial charge >= 0.3 is 0 Å². The molecule has 1 rings (SSSR count). The Morgan fingerprint density at radius 3 is 2.53 bits per heavy atom. The number of rotatable bonds is 5. The lowest BCUT2D eigenvalue weighted by molar-refractivity contribution is 0.0590. The van der Waals surface area contributed by atoms with Crippen LogP contribution in [-0.2, 0) is 4.74 Å². The molecule has 0 spiro atoms. The molecule has 0 amide bonds. The van der Waals surface area contributed by atoms with Gasteiger partial charge in [-0.3, -0.25) is 0 Å². The molecule has 15 heavy (non-hydrogen) atoms. The molecule has 1 fully saturated rings. The third-order valence-corrected chi connectivity index (χ3v) is 3.06. The molecule has 0 aliphatic carbocycles. The van der Waals surface area contributed by atoms with E-state index in [0.717, 1.165) is 19.1 Å². The van der Waals surface area contributed by atoms with Crippen molar-refractivity contribution in [3.63, 3.8) is 0 Å². The van der Waals surface area contributed by atoms with E-state index in [2.05, 4.69) is 12.2 Å². The van der Waals surface area contributed by atoms with Crippen LogP contribution in [0.2, 0.25) is 0 Å². The Hall–Kier alpha value is -0.120. The number of aliphatic hydroxyl groups is 1. The fraction of sp³-hybridized carbons (Fsp3) is 1.00. The molecule has 1 heterocycles. The van der Waals surface area contributed by atoms with Crippen molar-refractivity contribution in [2.45, 2.75) is 51.6 Å². The van der Waals surface area contributed by atoms with Gasteiger partial charge < -0.3 is 15.2 Å². The molecule has 3 nitrogen and oxygen atoms in total. The van der Waals surface area contributed by atoms with Crippen LogP contribution in [0.3, 0.4) is 0 Å². The van der Waals surface area contributed by atoms with Crippen LogP contribution in [0.1, 0.15) is 40.0 Å². The molecule has 0 aromatic heterocycles. The van der Waals surface area contributed by atoms with E-state index in [9.17, 15) is 0 Å². The number of hydrogen-bond acceptors (Lipinski definition) is 3. The van der Waals surface area contributed by atoms with Crippen LogP contribution >= 0.6 is 0 Å². The molecular formula is C12H25NO2. The third kappa shape index (κ3) is 4.96. The molecule has 3 heteroatoms. The minimum absolute atomic E-state index is 0.162. The molecule has 90 valence electrons. The van der Waals surface area contributed by atoms with Gasteiger partial charge in [0.15, 0.2) is 0 Å². The number of nitrogens with one attached hydrogen (secondary N) is 1. The SMILES string of the molecule is CC(CC1CCOCC1)NC(C)(C)CO. The van der Waals surface area contributed by atoms with Crippen molar-refractivity contribution in [2.24, 2.45) is 5.92 Å². The van der Waals surface area contributed by atoms with Crippen molar-refractivity contribution >= 4 is 0 Å². The topological polar surface area (TPSA) is 41.5 Å². The van der Waals surface area contributed by atoms with E-state index < -0.39 is 0 Å². The van der Waals surface area contributed by atoms with E-state index in [0.29, 0.717) is 6.04 Å². The summed E-state index contributed by atoms with van der Waals surface area (Å²) < 4.78 is 5.34. The van der Waals surface area contributed by atoms with Crippen molar-refractivity contribution in [3.8, 4) is 0 Å². The molecular weight excluding hydrogens is 190 g/mol. The Balaban J connectivity index is 2.25. The Morgan fingerprint density at radius 1 is 1.40 bits per heavy atom. The van der Waals surface area contributed by atoms with Crippen molar-refractivity contribution in [3.05, 3.63) is 0 Å². The summed E-state index contributed by atoms with van der Waals surface area (Å²) in [6, 6.07) is 0.468. The van der Waals surface area contributed by atoms with Crippen molar-refractivity contribution < 1.29 is 9.84 Å². The van der Waals surface area contributed by atoms with Crippen LogP contribution in [0.4, 0.5) is 0 Å². The van der Waals surface area contributed by atoms with E-state index in [1.165, 1.54) is 19.3 Å².